The van der Waals surface area contributed by atoms with E-state index >= 15 is 0 Å². The predicted octanol–water partition coefficient (Wildman–Crippen LogP) is 5.77. The predicted molar refractivity (Wildman–Crippen MR) is 134 cm³/mol. The molecule has 1 saturated carbocycles. The van der Waals surface area contributed by atoms with Crippen molar-refractivity contribution in [3.8, 4) is 17.2 Å². The highest BCUT2D eigenvalue weighted by Crippen LogP contribution is 2.33. The lowest BCUT2D eigenvalue weighted by atomic mass is 9.98. The summed E-state index contributed by atoms with van der Waals surface area (Å²) in [7, 11) is 0. The average Bonchev–Trinajstić information content (AvgIpc) is 3.15. The number of ether oxygens (including phenoxy) is 4. The molecule has 1 aliphatic rings. The number of aromatic nitrogens is 1. The molecule has 0 atom stereocenters. The first-order valence-electron chi connectivity index (χ1n) is 12.4. The summed E-state index contributed by atoms with van der Waals surface area (Å²) in [5.41, 5.74) is 2.98. The summed E-state index contributed by atoms with van der Waals surface area (Å²) in [6.45, 7) is 6.32. The minimum Gasteiger partial charge on any atom is -0.494 e. The first-order chi connectivity index (χ1) is 17.0. The molecule has 0 N–H and O–H groups in total. The zero-order chi connectivity index (χ0) is 24.8. The maximum absolute atomic E-state index is 12.9. The maximum Gasteiger partial charge on any atom is 0.344 e. The van der Waals surface area contributed by atoms with E-state index in [0.717, 1.165) is 48.3 Å². The smallest absolute Gasteiger partial charge is 0.344 e. The lowest BCUT2D eigenvalue weighted by Crippen LogP contribution is -2.24. The third-order valence-electron chi connectivity index (χ3n) is 6.27. The Morgan fingerprint density at radius 3 is 2.31 bits per heavy atom. The highest BCUT2D eigenvalue weighted by molar-refractivity contribution is 6.07. The standard InChI is InChI=1S/C28H33NO6/c1-4-32-21-13-11-20(12-14-21)29-19(3)27(28(31)33-5-2)24-17-23(15-16-25(24)29)34-18-26(30)35-22-9-7-6-8-10-22/h11-17,22H,4-10,18H2,1-3H3. The summed E-state index contributed by atoms with van der Waals surface area (Å²) < 4.78 is 24.2. The Balaban J connectivity index is 1.62. The molecular formula is C28H33NO6. The lowest BCUT2D eigenvalue weighted by molar-refractivity contribution is -0.152. The molecule has 35 heavy (non-hydrogen) atoms. The van der Waals surface area contributed by atoms with Crippen molar-refractivity contribution in [1.82, 2.24) is 4.57 Å². The van der Waals surface area contributed by atoms with Gasteiger partial charge in [0.25, 0.3) is 0 Å². The molecule has 0 unspecified atom stereocenters. The first kappa shape index (κ1) is 24.6. The molecule has 2 aromatic carbocycles. The molecule has 1 fully saturated rings. The van der Waals surface area contributed by atoms with Gasteiger partial charge in [-0.2, -0.15) is 0 Å². The monoisotopic (exact) mass is 479 g/mol. The Morgan fingerprint density at radius 1 is 0.914 bits per heavy atom. The van der Waals surface area contributed by atoms with Gasteiger partial charge in [0, 0.05) is 16.8 Å². The van der Waals surface area contributed by atoms with Crippen LogP contribution in [0, 0.1) is 6.92 Å². The molecule has 1 aromatic heterocycles. The van der Waals surface area contributed by atoms with E-state index in [-0.39, 0.29) is 25.3 Å². The molecule has 3 aromatic rings. The number of fused-ring (bicyclic) bond motifs is 1. The number of hydrogen-bond acceptors (Lipinski definition) is 6. The Labute approximate surface area is 205 Å². The molecule has 7 heteroatoms. The molecule has 0 saturated heterocycles. The third kappa shape index (κ3) is 5.61. The van der Waals surface area contributed by atoms with E-state index in [1.54, 1.807) is 19.1 Å². The van der Waals surface area contributed by atoms with E-state index in [1.165, 1.54) is 6.42 Å². The second kappa shape index (κ2) is 11.3. The van der Waals surface area contributed by atoms with Gasteiger partial charge < -0.3 is 23.5 Å². The second-order valence-electron chi connectivity index (χ2n) is 8.66. The normalized spacial score (nSPS) is 14.0. The van der Waals surface area contributed by atoms with Gasteiger partial charge in [-0.25, -0.2) is 9.59 Å². The van der Waals surface area contributed by atoms with Gasteiger partial charge in [0.05, 0.1) is 24.3 Å². The highest BCUT2D eigenvalue weighted by Gasteiger charge is 2.23. The Kier molecular flexibility index (Phi) is 7.95. The van der Waals surface area contributed by atoms with Gasteiger partial charge in [-0.1, -0.05) is 6.42 Å². The number of hydrogen-bond donors (Lipinski definition) is 0. The van der Waals surface area contributed by atoms with Crippen LogP contribution in [0.5, 0.6) is 11.5 Å². The molecule has 0 radical (unpaired) electrons. The number of benzene rings is 2. The first-order valence-corrected chi connectivity index (χ1v) is 12.4. The molecule has 0 bridgehead atoms. The van der Waals surface area contributed by atoms with Crippen molar-refractivity contribution < 1.29 is 28.5 Å². The minimum absolute atomic E-state index is 0.0106. The van der Waals surface area contributed by atoms with Crippen LogP contribution in [0.2, 0.25) is 0 Å². The summed E-state index contributed by atoms with van der Waals surface area (Å²) in [4.78, 5) is 25.2. The van der Waals surface area contributed by atoms with Crippen molar-refractivity contribution in [3.63, 3.8) is 0 Å². The van der Waals surface area contributed by atoms with Crippen molar-refractivity contribution in [3.05, 3.63) is 53.7 Å². The van der Waals surface area contributed by atoms with Gasteiger partial charge in [-0.3, -0.25) is 0 Å². The van der Waals surface area contributed by atoms with Gasteiger partial charge in [0.15, 0.2) is 6.61 Å². The summed E-state index contributed by atoms with van der Waals surface area (Å²) in [6.07, 6.45) is 5.21. The van der Waals surface area contributed by atoms with Gasteiger partial charge >= 0.3 is 11.9 Å². The molecule has 0 spiro atoms. The van der Waals surface area contributed by atoms with E-state index in [9.17, 15) is 9.59 Å². The van der Waals surface area contributed by atoms with Crippen molar-refractivity contribution in [1.29, 1.82) is 0 Å². The number of rotatable bonds is 9. The van der Waals surface area contributed by atoms with E-state index in [4.69, 9.17) is 18.9 Å². The fourth-order valence-electron chi connectivity index (χ4n) is 4.68. The van der Waals surface area contributed by atoms with Gasteiger partial charge in [-0.05, 0) is 88.9 Å². The van der Waals surface area contributed by atoms with Gasteiger partial charge in [-0.15, -0.1) is 0 Å². The summed E-state index contributed by atoms with van der Waals surface area (Å²) in [5.74, 6) is 0.513. The molecule has 4 rings (SSSR count). The second-order valence-corrected chi connectivity index (χ2v) is 8.66. The summed E-state index contributed by atoms with van der Waals surface area (Å²) >= 11 is 0. The van der Waals surface area contributed by atoms with Crippen molar-refractivity contribution in [2.24, 2.45) is 0 Å². The van der Waals surface area contributed by atoms with Crippen LogP contribution >= 0.6 is 0 Å². The van der Waals surface area contributed by atoms with E-state index in [0.29, 0.717) is 23.3 Å². The fourth-order valence-corrected chi connectivity index (χ4v) is 4.68. The average molecular weight is 480 g/mol. The largest absolute Gasteiger partial charge is 0.494 e. The van der Waals surface area contributed by atoms with Crippen LogP contribution in [0.25, 0.3) is 16.6 Å². The van der Waals surface area contributed by atoms with Crippen LogP contribution < -0.4 is 9.47 Å². The Hall–Kier alpha value is -3.48. The summed E-state index contributed by atoms with van der Waals surface area (Å²) in [5, 5.41) is 0.702. The SMILES string of the molecule is CCOC(=O)c1c(C)n(-c2ccc(OCC)cc2)c2ccc(OCC(=O)OC3CCCCC3)cc12. The molecule has 186 valence electrons. The fraction of sp³-hybridized carbons (Fsp3) is 0.429. The van der Waals surface area contributed by atoms with Crippen LogP contribution in [0.4, 0.5) is 0 Å². The van der Waals surface area contributed by atoms with Crippen LogP contribution in [0.15, 0.2) is 42.5 Å². The van der Waals surface area contributed by atoms with Gasteiger partial charge in [0.2, 0.25) is 0 Å². The van der Waals surface area contributed by atoms with E-state index in [1.807, 2.05) is 48.7 Å². The minimum atomic E-state index is -0.395. The highest BCUT2D eigenvalue weighted by atomic mass is 16.6. The number of nitrogens with zero attached hydrogens (tertiary/aromatic N) is 1. The number of esters is 2. The number of carbonyl (C=O) groups excluding carboxylic acids is 2. The molecule has 0 aliphatic heterocycles. The molecule has 1 heterocycles. The quantitative estimate of drug-likeness (QED) is 0.363. The van der Waals surface area contributed by atoms with Crippen LogP contribution in [0.3, 0.4) is 0 Å². The Bertz CT molecular complexity index is 1170. The van der Waals surface area contributed by atoms with Gasteiger partial charge in [0.1, 0.15) is 17.6 Å². The molecule has 1 aliphatic carbocycles. The zero-order valence-corrected chi connectivity index (χ0v) is 20.7. The van der Waals surface area contributed by atoms with Crippen LogP contribution in [0.1, 0.15) is 62.0 Å². The van der Waals surface area contributed by atoms with E-state index in [2.05, 4.69) is 0 Å². The molecule has 0 amide bonds. The topological polar surface area (TPSA) is 76.0 Å². The zero-order valence-electron chi connectivity index (χ0n) is 20.7. The van der Waals surface area contributed by atoms with Crippen LogP contribution in [-0.4, -0.2) is 42.4 Å². The maximum atomic E-state index is 12.9. The molecular weight excluding hydrogens is 446 g/mol. The van der Waals surface area contributed by atoms with Crippen molar-refractivity contribution in [2.75, 3.05) is 19.8 Å². The molecule has 7 nitrogen and oxygen atoms in total. The van der Waals surface area contributed by atoms with E-state index < -0.39 is 5.97 Å². The van der Waals surface area contributed by atoms with Crippen LogP contribution in [-0.2, 0) is 14.3 Å². The van der Waals surface area contributed by atoms with Crippen molar-refractivity contribution in [2.45, 2.75) is 59.0 Å². The summed E-state index contributed by atoms with van der Waals surface area (Å²) in [6, 6.07) is 13.2. The number of carbonyl (C=O) groups is 2. The Morgan fingerprint density at radius 2 is 1.63 bits per heavy atom. The lowest BCUT2D eigenvalue weighted by Gasteiger charge is -2.21. The third-order valence-corrected chi connectivity index (χ3v) is 6.27. The van der Waals surface area contributed by atoms with Crippen molar-refractivity contribution >= 4 is 22.8 Å².